The first-order valence-corrected chi connectivity index (χ1v) is 6.76. The van der Waals surface area contributed by atoms with Crippen molar-refractivity contribution in [1.29, 1.82) is 5.41 Å². The maximum atomic E-state index is 13.7. The van der Waals surface area contributed by atoms with Gasteiger partial charge in [0.1, 0.15) is 12.0 Å². The monoisotopic (exact) mass is 264 g/mol. The number of aromatic nitrogens is 1. The fourth-order valence-electron chi connectivity index (χ4n) is 2.48. The third-order valence-electron chi connectivity index (χ3n) is 3.61. The van der Waals surface area contributed by atoms with Gasteiger partial charge >= 0.3 is 0 Å². The molecule has 1 aromatic heterocycles. The first-order valence-electron chi connectivity index (χ1n) is 6.76. The molecule has 1 saturated carbocycles. The highest BCUT2D eigenvalue weighted by Gasteiger charge is 2.24. The number of hydrogen-bond donors (Lipinski definition) is 3. The van der Waals surface area contributed by atoms with E-state index in [0.29, 0.717) is 30.1 Å². The molecule has 1 unspecified atom stereocenters. The van der Waals surface area contributed by atoms with Crippen molar-refractivity contribution in [3.63, 3.8) is 0 Å². The van der Waals surface area contributed by atoms with E-state index in [1.165, 1.54) is 0 Å². The van der Waals surface area contributed by atoms with E-state index in [0.717, 1.165) is 25.0 Å². The Morgan fingerprint density at radius 1 is 1.47 bits per heavy atom. The molecule has 5 heteroatoms. The number of hydrogen-bond acceptors (Lipinski definition) is 4. The summed E-state index contributed by atoms with van der Waals surface area (Å²) in [6, 6.07) is 3.57. The Morgan fingerprint density at radius 3 is 2.84 bits per heavy atom. The predicted octanol–water partition coefficient (Wildman–Crippen LogP) is 2.42. The normalized spacial score (nSPS) is 23.3. The summed E-state index contributed by atoms with van der Waals surface area (Å²) in [5.41, 5.74) is 7.66. The third kappa shape index (κ3) is 3.50. The number of halogens is 1. The lowest BCUT2D eigenvalue weighted by molar-refractivity contribution is 0.188. The van der Waals surface area contributed by atoms with Crippen molar-refractivity contribution in [2.24, 2.45) is 0 Å². The average Bonchev–Trinajstić information content (AvgIpc) is 2.37. The largest absolute Gasteiger partial charge is 0.383 e. The number of nitrogens with two attached hydrogens (primary N) is 1. The molecule has 2 rings (SSSR count). The van der Waals surface area contributed by atoms with E-state index >= 15 is 0 Å². The van der Waals surface area contributed by atoms with Gasteiger partial charge in [-0.25, -0.2) is 9.37 Å². The van der Waals surface area contributed by atoms with Crippen LogP contribution in [0, 0.1) is 5.41 Å². The molecule has 1 aromatic rings. The third-order valence-corrected chi connectivity index (χ3v) is 3.61. The molecule has 0 aliphatic heterocycles. The van der Waals surface area contributed by atoms with E-state index in [-0.39, 0.29) is 6.04 Å². The molecular weight excluding hydrogens is 243 g/mol. The quantitative estimate of drug-likeness (QED) is 0.731. The van der Waals surface area contributed by atoms with Gasteiger partial charge < -0.3 is 16.5 Å². The minimum atomic E-state index is -0.755. The van der Waals surface area contributed by atoms with E-state index < -0.39 is 6.17 Å². The highest BCUT2D eigenvalue weighted by Crippen LogP contribution is 2.21. The Labute approximate surface area is 113 Å². The number of nitrogens with one attached hydrogen (secondary N) is 2. The summed E-state index contributed by atoms with van der Waals surface area (Å²) in [5.74, 6) is 0.368. The van der Waals surface area contributed by atoms with Crippen LogP contribution in [0.15, 0.2) is 12.1 Å². The van der Waals surface area contributed by atoms with Gasteiger partial charge in [-0.3, -0.25) is 0 Å². The van der Waals surface area contributed by atoms with Crippen molar-refractivity contribution in [3.05, 3.63) is 23.4 Å². The zero-order valence-corrected chi connectivity index (χ0v) is 11.2. The van der Waals surface area contributed by atoms with Crippen molar-refractivity contribution in [1.82, 2.24) is 10.3 Å². The Kier molecular flexibility index (Phi) is 4.47. The second-order valence-electron chi connectivity index (χ2n) is 5.15. The molecule has 0 radical (unpaired) electrons. The van der Waals surface area contributed by atoms with Crippen LogP contribution in [0.2, 0.25) is 0 Å². The van der Waals surface area contributed by atoms with Crippen LogP contribution >= 0.6 is 0 Å². The van der Waals surface area contributed by atoms with Crippen molar-refractivity contribution < 1.29 is 4.39 Å². The molecule has 0 saturated heterocycles. The van der Waals surface area contributed by atoms with Crippen LogP contribution in [0.1, 0.15) is 43.9 Å². The lowest BCUT2D eigenvalue weighted by atomic mass is 9.93. The summed E-state index contributed by atoms with van der Waals surface area (Å²) in [4.78, 5) is 4.26. The van der Waals surface area contributed by atoms with Gasteiger partial charge in [-0.05, 0) is 31.9 Å². The van der Waals surface area contributed by atoms with E-state index in [1.54, 1.807) is 13.0 Å². The van der Waals surface area contributed by atoms with Gasteiger partial charge in [0.2, 0.25) is 0 Å². The van der Waals surface area contributed by atoms with E-state index in [2.05, 4.69) is 10.3 Å². The van der Waals surface area contributed by atoms with Crippen LogP contribution < -0.4 is 11.1 Å². The Hall–Kier alpha value is -1.49. The average molecular weight is 264 g/mol. The molecule has 0 spiro atoms. The summed E-state index contributed by atoms with van der Waals surface area (Å²) in [6.07, 6.45) is 2.85. The molecular formula is C14H21FN4. The fourth-order valence-corrected chi connectivity index (χ4v) is 2.48. The molecule has 1 fully saturated rings. The SMILES string of the molecule is CC(=N)c1ccc(CN[C@@H]2CCCCC2F)nc1N. The zero-order chi connectivity index (χ0) is 13.8. The molecule has 104 valence electrons. The minimum Gasteiger partial charge on any atom is -0.383 e. The topological polar surface area (TPSA) is 74.8 Å². The molecule has 4 N–H and O–H groups in total. The van der Waals surface area contributed by atoms with Crippen LogP contribution in [0.3, 0.4) is 0 Å². The molecule has 0 bridgehead atoms. The Balaban J connectivity index is 1.96. The standard InChI is InChI=1S/C14H21FN4/c1-9(16)11-7-6-10(19-14(11)17)8-18-13-5-3-2-4-12(13)15/h6-7,12-13,16,18H,2-5,8H2,1H3,(H2,17,19)/t12?,13-/m1/s1. The summed E-state index contributed by atoms with van der Waals surface area (Å²) < 4.78 is 13.7. The molecule has 1 heterocycles. The zero-order valence-electron chi connectivity index (χ0n) is 11.2. The molecule has 19 heavy (non-hydrogen) atoms. The second-order valence-corrected chi connectivity index (χ2v) is 5.15. The number of nitrogens with zero attached hydrogens (tertiary/aromatic N) is 1. The Bertz CT molecular complexity index is 461. The maximum Gasteiger partial charge on any atom is 0.132 e. The summed E-state index contributed by atoms with van der Waals surface area (Å²) in [6.45, 7) is 2.20. The lowest BCUT2D eigenvalue weighted by Gasteiger charge is -2.26. The van der Waals surface area contributed by atoms with Gasteiger partial charge in [-0.2, -0.15) is 0 Å². The van der Waals surface area contributed by atoms with Gasteiger partial charge in [-0.15, -0.1) is 0 Å². The van der Waals surface area contributed by atoms with Crippen LogP contribution in [0.4, 0.5) is 10.2 Å². The summed E-state index contributed by atoms with van der Waals surface area (Å²) in [7, 11) is 0. The van der Waals surface area contributed by atoms with E-state index in [4.69, 9.17) is 11.1 Å². The predicted molar refractivity (Wildman–Crippen MR) is 75.1 cm³/mol. The molecule has 0 amide bonds. The number of pyridine rings is 1. The summed E-state index contributed by atoms with van der Waals surface area (Å²) >= 11 is 0. The van der Waals surface area contributed by atoms with Crippen LogP contribution in [-0.2, 0) is 6.54 Å². The summed E-state index contributed by atoms with van der Waals surface area (Å²) in [5, 5.41) is 10.8. The smallest absolute Gasteiger partial charge is 0.132 e. The van der Waals surface area contributed by atoms with Gasteiger partial charge in [0.25, 0.3) is 0 Å². The van der Waals surface area contributed by atoms with Crippen LogP contribution in [0.25, 0.3) is 0 Å². The van der Waals surface area contributed by atoms with Crippen molar-refractivity contribution in [2.45, 2.75) is 51.4 Å². The highest BCUT2D eigenvalue weighted by atomic mass is 19.1. The van der Waals surface area contributed by atoms with Crippen LogP contribution in [0.5, 0.6) is 0 Å². The first-order chi connectivity index (χ1) is 9.08. The Morgan fingerprint density at radius 2 is 2.21 bits per heavy atom. The first kappa shape index (κ1) is 13.9. The number of nitrogen functional groups attached to an aromatic ring is 1. The fraction of sp³-hybridized carbons (Fsp3) is 0.571. The maximum absolute atomic E-state index is 13.7. The van der Waals surface area contributed by atoms with Gasteiger partial charge in [0, 0.05) is 23.9 Å². The van der Waals surface area contributed by atoms with Crippen LogP contribution in [-0.4, -0.2) is 22.9 Å². The molecule has 1 aliphatic rings. The number of anilines is 1. The van der Waals surface area contributed by atoms with E-state index in [1.807, 2.05) is 6.07 Å². The molecule has 1 aliphatic carbocycles. The highest BCUT2D eigenvalue weighted by molar-refractivity contribution is 6.00. The number of alkyl halides is 1. The van der Waals surface area contributed by atoms with Crippen molar-refractivity contribution >= 4 is 11.5 Å². The lowest BCUT2D eigenvalue weighted by Crippen LogP contribution is -2.39. The second kappa shape index (κ2) is 6.10. The van der Waals surface area contributed by atoms with E-state index in [9.17, 15) is 4.39 Å². The molecule has 0 aromatic carbocycles. The molecule has 2 atom stereocenters. The van der Waals surface area contributed by atoms with Gasteiger partial charge in [-0.1, -0.05) is 12.8 Å². The minimum absolute atomic E-state index is 0.0686. The number of rotatable bonds is 4. The van der Waals surface area contributed by atoms with Gasteiger partial charge in [0.15, 0.2) is 0 Å². The van der Waals surface area contributed by atoms with Gasteiger partial charge in [0.05, 0.1) is 5.69 Å². The molecule has 4 nitrogen and oxygen atoms in total. The van der Waals surface area contributed by atoms with Crippen molar-refractivity contribution in [3.8, 4) is 0 Å². The van der Waals surface area contributed by atoms with Crippen molar-refractivity contribution in [2.75, 3.05) is 5.73 Å².